The van der Waals surface area contributed by atoms with Crippen molar-refractivity contribution in [3.05, 3.63) is 35.4 Å². The number of hydrogen-bond donors (Lipinski definition) is 1. The minimum Gasteiger partial charge on any atom is -0.384 e. The van der Waals surface area contributed by atoms with Crippen molar-refractivity contribution in [3.63, 3.8) is 0 Å². The van der Waals surface area contributed by atoms with Gasteiger partial charge in [-0.25, -0.2) is 0 Å². The lowest BCUT2D eigenvalue weighted by Crippen LogP contribution is -2.29. The van der Waals surface area contributed by atoms with Gasteiger partial charge in [0.1, 0.15) is 0 Å². The Bertz CT molecular complexity index is 406. The monoisotopic (exact) mass is 232 g/mol. The molecule has 0 bridgehead atoms. The van der Waals surface area contributed by atoms with E-state index in [2.05, 4.69) is 5.32 Å². The SMILES string of the molecule is COCC(C)CNC(=O)c1ccc(C#N)cc1. The number of benzene rings is 1. The van der Waals surface area contributed by atoms with Crippen molar-refractivity contribution in [2.75, 3.05) is 20.3 Å². The number of methoxy groups -OCH3 is 1. The van der Waals surface area contributed by atoms with Crippen molar-refractivity contribution in [1.82, 2.24) is 5.32 Å². The van der Waals surface area contributed by atoms with Crippen molar-refractivity contribution in [2.24, 2.45) is 5.92 Å². The topological polar surface area (TPSA) is 62.1 Å². The van der Waals surface area contributed by atoms with Crippen LogP contribution in [-0.2, 0) is 4.74 Å². The largest absolute Gasteiger partial charge is 0.384 e. The van der Waals surface area contributed by atoms with Gasteiger partial charge in [-0.3, -0.25) is 4.79 Å². The highest BCUT2D eigenvalue weighted by Gasteiger charge is 2.07. The molecule has 1 rings (SSSR count). The Balaban J connectivity index is 2.50. The first-order valence-corrected chi connectivity index (χ1v) is 5.44. The van der Waals surface area contributed by atoms with Crippen LogP contribution in [0.15, 0.2) is 24.3 Å². The summed E-state index contributed by atoms with van der Waals surface area (Å²) in [6, 6.07) is 8.57. The number of amides is 1. The van der Waals surface area contributed by atoms with Gasteiger partial charge in [-0.05, 0) is 30.2 Å². The Morgan fingerprint density at radius 2 is 2.12 bits per heavy atom. The molecule has 1 N–H and O–H groups in total. The zero-order chi connectivity index (χ0) is 12.7. The predicted octanol–water partition coefficient (Wildman–Crippen LogP) is 1.57. The summed E-state index contributed by atoms with van der Waals surface area (Å²) >= 11 is 0. The van der Waals surface area contributed by atoms with E-state index in [4.69, 9.17) is 10.00 Å². The average Bonchev–Trinajstić information content (AvgIpc) is 2.36. The molecule has 1 unspecified atom stereocenters. The summed E-state index contributed by atoms with van der Waals surface area (Å²) in [5.74, 6) is 0.153. The van der Waals surface area contributed by atoms with Crippen LogP contribution in [0.2, 0.25) is 0 Å². The van der Waals surface area contributed by atoms with Gasteiger partial charge in [0.15, 0.2) is 0 Å². The first kappa shape index (κ1) is 13.2. The van der Waals surface area contributed by atoms with E-state index in [9.17, 15) is 4.79 Å². The van der Waals surface area contributed by atoms with Crippen LogP contribution in [0.25, 0.3) is 0 Å². The summed E-state index contributed by atoms with van der Waals surface area (Å²) in [5.41, 5.74) is 1.11. The van der Waals surface area contributed by atoms with Crippen LogP contribution in [0, 0.1) is 17.2 Å². The van der Waals surface area contributed by atoms with Crippen LogP contribution < -0.4 is 5.32 Å². The normalized spacial score (nSPS) is 11.6. The molecule has 0 radical (unpaired) electrons. The fourth-order valence-electron chi connectivity index (χ4n) is 1.41. The van der Waals surface area contributed by atoms with Gasteiger partial charge in [-0.1, -0.05) is 6.92 Å². The zero-order valence-electron chi connectivity index (χ0n) is 10.1. The average molecular weight is 232 g/mol. The molecule has 0 fully saturated rings. The fourth-order valence-corrected chi connectivity index (χ4v) is 1.41. The van der Waals surface area contributed by atoms with Crippen LogP contribution in [0.1, 0.15) is 22.8 Å². The lowest BCUT2D eigenvalue weighted by Gasteiger charge is -2.11. The van der Waals surface area contributed by atoms with Crippen LogP contribution in [0.4, 0.5) is 0 Å². The molecule has 1 aromatic carbocycles. The highest BCUT2D eigenvalue weighted by Crippen LogP contribution is 2.03. The quantitative estimate of drug-likeness (QED) is 0.838. The third-order valence-electron chi connectivity index (χ3n) is 2.34. The van der Waals surface area contributed by atoms with Crippen molar-refractivity contribution >= 4 is 5.91 Å². The van der Waals surface area contributed by atoms with Gasteiger partial charge in [0.2, 0.25) is 0 Å². The number of nitriles is 1. The number of rotatable bonds is 5. The highest BCUT2D eigenvalue weighted by molar-refractivity contribution is 5.94. The maximum Gasteiger partial charge on any atom is 0.251 e. The maximum atomic E-state index is 11.7. The van der Waals surface area contributed by atoms with Crippen LogP contribution in [-0.4, -0.2) is 26.2 Å². The number of nitrogens with zero attached hydrogens (tertiary/aromatic N) is 1. The lowest BCUT2D eigenvalue weighted by atomic mass is 10.1. The van der Waals surface area contributed by atoms with E-state index in [0.717, 1.165) is 0 Å². The number of carbonyl (C=O) groups excluding carboxylic acids is 1. The van der Waals surface area contributed by atoms with Crippen LogP contribution in [0.3, 0.4) is 0 Å². The number of hydrogen-bond acceptors (Lipinski definition) is 3. The molecule has 4 heteroatoms. The van der Waals surface area contributed by atoms with Gasteiger partial charge in [0, 0.05) is 19.2 Å². The minimum atomic E-state index is -0.127. The molecule has 1 aromatic rings. The Kier molecular flexibility index (Phi) is 5.18. The second-order valence-corrected chi connectivity index (χ2v) is 3.96. The molecule has 0 aliphatic heterocycles. The first-order valence-electron chi connectivity index (χ1n) is 5.44. The van der Waals surface area contributed by atoms with Gasteiger partial charge in [0.25, 0.3) is 5.91 Å². The molecule has 0 saturated carbocycles. The van der Waals surface area contributed by atoms with E-state index in [1.807, 2.05) is 13.0 Å². The second kappa shape index (κ2) is 6.66. The van der Waals surface area contributed by atoms with Crippen molar-refractivity contribution in [2.45, 2.75) is 6.92 Å². The highest BCUT2D eigenvalue weighted by atomic mass is 16.5. The van der Waals surface area contributed by atoms with Gasteiger partial charge in [-0.2, -0.15) is 5.26 Å². The molecule has 90 valence electrons. The van der Waals surface area contributed by atoms with E-state index in [1.54, 1.807) is 31.4 Å². The van der Waals surface area contributed by atoms with Crippen LogP contribution in [0.5, 0.6) is 0 Å². The predicted molar refractivity (Wildman–Crippen MR) is 64.5 cm³/mol. The molecule has 0 aliphatic rings. The van der Waals surface area contributed by atoms with E-state index in [-0.39, 0.29) is 11.8 Å². The molecular weight excluding hydrogens is 216 g/mol. The smallest absolute Gasteiger partial charge is 0.251 e. The molecule has 4 nitrogen and oxygen atoms in total. The Morgan fingerprint density at radius 3 is 2.65 bits per heavy atom. The number of ether oxygens (including phenoxy) is 1. The minimum absolute atomic E-state index is 0.127. The molecule has 0 heterocycles. The molecule has 1 atom stereocenters. The summed E-state index contributed by atoms with van der Waals surface area (Å²) in [6.45, 7) is 3.20. The lowest BCUT2D eigenvalue weighted by molar-refractivity contribution is 0.0934. The summed E-state index contributed by atoms with van der Waals surface area (Å²) < 4.78 is 4.98. The van der Waals surface area contributed by atoms with Crippen molar-refractivity contribution in [1.29, 1.82) is 5.26 Å². The second-order valence-electron chi connectivity index (χ2n) is 3.96. The summed E-state index contributed by atoms with van der Waals surface area (Å²) in [5, 5.41) is 11.5. The van der Waals surface area contributed by atoms with Crippen LogP contribution >= 0.6 is 0 Å². The molecule has 0 aliphatic carbocycles. The standard InChI is InChI=1S/C13H16N2O2/c1-10(9-17-2)8-15-13(16)12-5-3-11(7-14)4-6-12/h3-6,10H,8-9H2,1-2H3,(H,15,16). The first-order chi connectivity index (χ1) is 8.17. The van der Waals surface area contributed by atoms with Gasteiger partial charge < -0.3 is 10.1 Å². The van der Waals surface area contributed by atoms with Gasteiger partial charge >= 0.3 is 0 Å². The van der Waals surface area contributed by atoms with E-state index >= 15 is 0 Å². The molecule has 0 saturated heterocycles. The Hall–Kier alpha value is -1.86. The van der Waals surface area contributed by atoms with Gasteiger partial charge in [-0.15, -0.1) is 0 Å². The Labute approximate surface area is 101 Å². The zero-order valence-corrected chi connectivity index (χ0v) is 10.1. The van der Waals surface area contributed by atoms with E-state index < -0.39 is 0 Å². The van der Waals surface area contributed by atoms with Crippen molar-refractivity contribution in [3.8, 4) is 6.07 Å². The third-order valence-corrected chi connectivity index (χ3v) is 2.34. The summed E-state index contributed by atoms with van der Waals surface area (Å²) in [7, 11) is 1.64. The fraction of sp³-hybridized carbons (Fsp3) is 0.385. The van der Waals surface area contributed by atoms with E-state index in [1.165, 1.54) is 0 Å². The molecule has 0 spiro atoms. The maximum absolute atomic E-state index is 11.7. The van der Waals surface area contributed by atoms with Crippen molar-refractivity contribution < 1.29 is 9.53 Å². The number of nitrogens with one attached hydrogen (secondary N) is 1. The third kappa shape index (κ3) is 4.25. The summed E-state index contributed by atoms with van der Waals surface area (Å²) in [4.78, 5) is 11.7. The Morgan fingerprint density at radius 1 is 1.47 bits per heavy atom. The molecular formula is C13H16N2O2. The van der Waals surface area contributed by atoms with E-state index in [0.29, 0.717) is 24.3 Å². The molecule has 0 aromatic heterocycles. The molecule has 17 heavy (non-hydrogen) atoms. The van der Waals surface area contributed by atoms with Gasteiger partial charge in [0.05, 0.1) is 18.2 Å². The summed E-state index contributed by atoms with van der Waals surface area (Å²) in [6.07, 6.45) is 0. The number of carbonyl (C=O) groups is 1. The molecule has 1 amide bonds.